The summed E-state index contributed by atoms with van der Waals surface area (Å²) in [6.07, 6.45) is 3.10. The van der Waals surface area contributed by atoms with E-state index in [1.165, 1.54) is 0 Å². The Morgan fingerprint density at radius 3 is 2.59 bits per heavy atom. The molecule has 0 spiro atoms. The molecular weight excluding hydrogens is 216 g/mol. The van der Waals surface area contributed by atoms with Gasteiger partial charge in [0.05, 0.1) is 17.7 Å². The third-order valence-electron chi connectivity index (χ3n) is 3.54. The number of furan rings is 1. The highest BCUT2D eigenvalue weighted by Gasteiger charge is 2.34. The predicted molar refractivity (Wildman–Crippen MR) is 67.3 cm³/mol. The molecule has 0 fully saturated rings. The van der Waals surface area contributed by atoms with Crippen LogP contribution in [0.2, 0.25) is 0 Å². The third-order valence-corrected chi connectivity index (χ3v) is 3.54. The molecule has 1 atom stereocenters. The topological polar surface area (TPSA) is 68.3 Å². The summed E-state index contributed by atoms with van der Waals surface area (Å²) in [5.74, 6) is 0.769. The molecule has 0 radical (unpaired) electrons. The Morgan fingerprint density at radius 1 is 1.53 bits per heavy atom. The fourth-order valence-electron chi connectivity index (χ4n) is 1.91. The summed E-state index contributed by atoms with van der Waals surface area (Å²) >= 11 is 0. The van der Waals surface area contributed by atoms with Crippen molar-refractivity contribution >= 4 is 5.91 Å². The lowest BCUT2D eigenvalue weighted by Crippen LogP contribution is -2.45. The third kappa shape index (κ3) is 2.88. The van der Waals surface area contributed by atoms with Crippen LogP contribution in [0.3, 0.4) is 0 Å². The highest BCUT2D eigenvalue weighted by Crippen LogP contribution is 2.26. The van der Waals surface area contributed by atoms with Crippen molar-refractivity contribution in [3.05, 3.63) is 24.2 Å². The molecule has 96 valence electrons. The minimum Gasteiger partial charge on any atom is -0.467 e. The number of nitrogens with two attached hydrogens (primary N) is 1. The maximum Gasteiger partial charge on any atom is 0.228 e. The standard InChI is InChI=1S/C13H22N2O2/c1-4-13(5-2,9-14)12(16)15-10(3)11-7-6-8-17-11/h6-8,10H,4-5,9,14H2,1-3H3,(H,15,16). The minimum atomic E-state index is -0.457. The summed E-state index contributed by atoms with van der Waals surface area (Å²) < 4.78 is 5.26. The normalized spacial score (nSPS) is 13.4. The summed E-state index contributed by atoms with van der Waals surface area (Å²) in [7, 11) is 0. The molecule has 1 heterocycles. The maximum atomic E-state index is 12.2. The summed E-state index contributed by atoms with van der Waals surface area (Å²) in [6, 6.07) is 3.54. The van der Waals surface area contributed by atoms with Crippen LogP contribution in [0.1, 0.15) is 45.4 Å². The van der Waals surface area contributed by atoms with Crippen LogP contribution in [0.15, 0.2) is 22.8 Å². The highest BCUT2D eigenvalue weighted by molar-refractivity contribution is 5.83. The predicted octanol–water partition coefficient (Wildman–Crippen LogP) is 2.22. The summed E-state index contributed by atoms with van der Waals surface area (Å²) in [5.41, 5.74) is 5.28. The molecule has 4 nitrogen and oxygen atoms in total. The first-order chi connectivity index (χ1) is 8.09. The van der Waals surface area contributed by atoms with E-state index >= 15 is 0 Å². The lowest BCUT2D eigenvalue weighted by Gasteiger charge is -2.29. The van der Waals surface area contributed by atoms with E-state index in [1.54, 1.807) is 6.26 Å². The first-order valence-corrected chi connectivity index (χ1v) is 6.14. The number of nitrogens with one attached hydrogen (secondary N) is 1. The van der Waals surface area contributed by atoms with Gasteiger partial charge in [-0.25, -0.2) is 0 Å². The lowest BCUT2D eigenvalue weighted by molar-refractivity contribution is -0.131. The Balaban J connectivity index is 2.71. The largest absolute Gasteiger partial charge is 0.467 e. The van der Waals surface area contributed by atoms with Crippen LogP contribution >= 0.6 is 0 Å². The van der Waals surface area contributed by atoms with Gasteiger partial charge in [0.2, 0.25) is 5.91 Å². The van der Waals surface area contributed by atoms with Crippen LogP contribution in [0.4, 0.5) is 0 Å². The molecule has 0 bridgehead atoms. The summed E-state index contributed by atoms with van der Waals surface area (Å²) in [6.45, 7) is 6.26. The van der Waals surface area contributed by atoms with Gasteiger partial charge in [-0.05, 0) is 31.9 Å². The molecule has 0 saturated heterocycles. The molecule has 0 aromatic carbocycles. The van der Waals surface area contributed by atoms with E-state index in [2.05, 4.69) is 5.32 Å². The first-order valence-electron chi connectivity index (χ1n) is 6.14. The van der Waals surface area contributed by atoms with Crippen molar-refractivity contribution in [2.45, 2.75) is 39.7 Å². The smallest absolute Gasteiger partial charge is 0.228 e. The van der Waals surface area contributed by atoms with E-state index in [0.717, 1.165) is 18.6 Å². The fraction of sp³-hybridized carbons (Fsp3) is 0.615. The molecule has 17 heavy (non-hydrogen) atoms. The van der Waals surface area contributed by atoms with Crippen molar-refractivity contribution in [2.75, 3.05) is 6.54 Å². The second kappa shape index (κ2) is 5.87. The van der Waals surface area contributed by atoms with Crippen molar-refractivity contribution in [1.29, 1.82) is 0 Å². The zero-order valence-electron chi connectivity index (χ0n) is 10.8. The second-order valence-corrected chi connectivity index (χ2v) is 4.40. The molecule has 0 aliphatic carbocycles. The first kappa shape index (κ1) is 13.8. The second-order valence-electron chi connectivity index (χ2n) is 4.40. The Morgan fingerprint density at radius 2 is 2.18 bits per heavy atom. The number of carbonyl (C=O) groups is 1. The van der Waals surface area contributed by atoms with Crippen LogP contribution < -0.4 is 11.1 Å². The average Bonchev–Trinajstić information content (AvgIpc) is 2.85. The van der Waals surface area contributed by atoms with Gasteiger partial charge in [0.1, 0.15) is 5.76 Å². The van der Waals surface area contributed by atoms with Crippen LogP contribution in [-0.2, 0) is 4.79 Å². The Kier molecular flexibility index (Phi) is 4.75. The van der Waals surface area contributed by atoms with Crippen molar-refractivity contribution in [2.24, 2.45) is 11.1 Å². The molecule has 1 unspecified atom stereocenters. The summed E-state index contributed by atoms with van der Waals surface area (Å²) in [5, 5.41) is 2.96. The Hall–Kier alpha value is -1.29. The van der Waals surface area contributed by atoms with Gasteiger partial charge in [-0.15, -0.1) is 0 Å². The molecule has 1 aromatic heterocycles. The number of carbonyl (C=O) groups excluding carboxylic acids is 1. The van der Waals surface area contributed by atoms with E-state index in [-0.39, 0.29) is 11.9 Å². The quantitative estimate of drug-likeness (QED) is 0.798. The minimum absolute atomic E-state index is 0.00824. The zero-order valence-corrected chi connectivity index (χ0v) is 10.8. The van der Waals surface area contributed by atoms with E-state index in [1.807, 2.05) is 32.9 Å². The van der Waals surface area contributed by atoms with Gasteiger partial charge in [-0.1, -0.05) is 13.8 Å². The molecule has 1 rings (SSSR count). The molecule has 0 saturated carbocycles. The molecule has 1 amide bonds. The number of rotatable bonds is 6. The number of hydrogen-bond acceptors (Lipinski definition) is 3. The van der Waals surface area contributed by atoms with Gasteiger partial charge < -0.3 is 15.5 Å². The SMILES string of the molecule is CCC(CC)(CN)C(=O)NC(C)c1ccco1. The van der Waals surface area contributed by atoms with Gasteiger partial charge in [0, 0.05) is 6.54 Å². The monoisotopic (exact) mass is 238 g/mol. The average molecular weight is 238 g/mol. The van der Waals surface area contributed by atoms with E-state index in [0.29, 0.717) is 6.54 Å². The van der Waals surface area contributed by atoms with Crippen molar-refractivity contribution in [3.8, 4) is 0 Å². The fourth-order valence-corrected chi connectivity index (χ4v) is 1.91. The molecular formula is C13H22N2O2. The maximum absolute atomic E-state index is 12.2. The van der Waals surface area contributed by atoms with E-state index in [4.69, 9.17) is 10.2 Å². The van der Waals surface area contributed by atoms with Gasteiger partial charge in [-0.2, -0.15) is 0 Å². The highest BCUT2D eigenvalue weighted by atomic mass is 16.3. The van der Waals surface area contributed by atoms with Crippen LogP contribution in [0, 0.1) is 5.41 Å². The van der Waals surface area contributed by atoms with Gasteiger partial charge in [0.25, 0.3) is 0 Å². The Bertz CT molecular complexity index is 334. The van der Waals surface area contributed by atoms with Crippen molar-refractivity contribution < 1.29 is 9.21 Å². The van der Waals surface area contributed by atoms with Gasteiger partial charge in [0.15, 0.2) is 0 Å². The van der Waals surface area contributed by atoms with Crippen molar-refractivity contribution in [3.63, 3.8) is 0 Å². The van der Waals surface area contributed by atoms with Gasteiger partial charge in [-0.3, -0.25) is 4.79 Å². The molecule has 3 N–H and O–H groups in total. The Labute approximate surface area is 103 Å². The van der Waals surface area contributed by atoms with Crippen LogP contribution in [-0.4, -0.2) is 12.5 Å². The molecule has 1 aromatic rings. The van der Waals surface area contributed by atoms with E-state index in [9.17, 15) is 4.79 Å². The van der Waals surface area contributed by atoms with Crippen LogP contribution in [0.5, 0.6) is 0 Å². The molecule has 0 aliphatic rings. The number of amides is 1. The van der Waals surface area contributed by atoms with Crippen molar-refractivity contribution in [1.82, 2.24) is 5.32 Å². The molecule has 0 aliphatic heterocycles. The van der Waals surface area contributed by atoms with Gasteiger partial charge >= 0.3 is 0 Å². The zero-order chi connectivity index (χ0) is 12.9. The lowest BCUT2D eigenvalue weighted by atomic mass is 9.81. The molecule has 4 heteroatoms. The summed E-state index contributed by atoms with van der Waals surface area (Å²) in [4.78, 5) is 12.2. The van der Waals surface area contributed by atoms with Crippen LogP contribution in [0.25, 0.3) is 0 Å². The number of hydrogen-bond donors (Lipinski definition) is 2. The van der Waals surface area contributed by atoms with E-state index < -0.39 is 5.41 Å².